The number of carbonyl (C=O) groups excluding carboxylic acids is 1. The Labute approximate surface area is 217 Å². The number of hydrogen-bond donors (Lipinski definition) is 0. The normalized spacial score (nSPS) is 11.9. The Kier molecular flexibility index (Phi) is 7.41. The maximum Gasteiger partial charge on any atom is 0.573 e. The zero-order valence-electron chi connectivity index (χ0n) is 19.5. The topological polar surface area (TPSA) is 47.4 Å². The quantitative estimate of drug-likeness (QED) is 0.229. The minimum absolute atomic E-state index is 0.108. The number of aromatic nitrogens is 2. The first kappa shape index (κ1) is 27.1. The summed E-state index contributed by atoms with van der Waals surface area (Å²) in [6.45, 7) is 1.89. The second-order valence-electron chi connectivity index (χ2n) is 7.94. The van der Waals surface area contributed by atoms with Crippen molar-refractivity contribution in [3.63, 3.8) is 0 Å². The van der Waals surface area contributed by atoms with Crippen molar-refractivity contribution in [2.24, 2.45) is 0 Å². The van der Waals surface area contributed by atoms with Crippen molar-refractivity contribution in [3.05, 3.63) is 95.1 Å². The minimum atomic E-state index is -4.84. The van der Waals surface area contributed by atoms with Gasteiger partial charge in [0.25, 0.3) is 5.91 Å². The van der Waals surface area contributed by atoms with Gasteiger partial charge in [-0.1, -0.05) is 35.9 Å². The molecular formula is C26H18ClF6N3O2. The largest absolute Gasteiger partial charge is 0.573 e. The second kappa shape index (κ2) is 10.4. The number of hydrogen-bond acceptors (Lipinski definition) is 3. The summed E-state index contributed by atoms with van der Waals surface area (Å²) in [6.07, 6.45) is -9.54. The molecule has 3 aromatic carbocycles. The van der Waals surface area contributed by atoms with Crippen LogP contribution in [0.2, 0.25) is 5.02 Å². The summed E-state index contributed by atoms with van der Waals surface area (Å²) in [5.41, 5.74) is 0.143. The van der Waals surface area contributed by atoms with Gasteiger partial charge in [0.05, 0.1) is 16.4 Å². The Hall–Kier alpha value is -3.99. The van der Waals surface area contributed by atoms with E-state index in [1.165, 1.54) is 53.4 Å². The highest BCUT2D eigenvalue weighted by Crippen LogP contribution is 2.35. The van der Waals surface area contributed by atoms with Crippen LogP contribution in [0.25, 0.3) is 16.9 Å². The number of carbonyl (C=O) groups is 1. The van der Waals surface area contributed by atoms with E-state index in [0.717, 1.165) is 22.9 Å². The summed E-state index contributed by atoms with van der Waals surface area (Å²) in [6, 6.07) is 17.9. The zero-order valence-corrected chi connectivity index (χ0v) is 20.3. The van der Waals surface area contributed by atoms with E-state index < -0.39 is 29.9 Å². The summed E-state index contributed by atoms with van der Waals surface area (Å²) in [4.78, 5) is 14.5. The van der Waals surface area contributed by atoms with Gasteiger partial charge in [-0.15, -0.1) is 13.2 Å². The molecule has 0 fully saturated rings. The fourth-order valence-electron chi connectivity index (χ4n) is 3.74. The molecule has 0 aliphatic heterocycles. The lowest BCUT2D eigenvalue weighted by Crippen LogP contribution is -2.30. The van der Waals surface area contributed by atoms with Gasteiger partial charge in [-0.25, -0.2) is 4.68 Å². The molecule has 0 radical (unpaired) electrons. The summed E-state index contributed by atoms with van der Waals surface area (Å²) in [5.74, 6) is -0.887. The molecule has 1 aromatic heterocycles. The number of nitrogens with zero attached hydrogens (tertiary/aromatic N) is 3. The van der Waals surface area contributed by atoms with Gasteiger partial charge in [0.2, 0.25) is 0 Å². The Morgan fingerprint density at radius 3 is 2.13 bits per heavy atom. The highest BCUT2D eigenvalue weighted by molar-refractivity contribution is 6.32. The number of para-hydroxylation sites is 1. The fraction of sp³-hybridized carbons (Fsp3) is 0.154. The van der Waals surface area contributed by atoms with E-state index in [4.69, 9.17) is 11.6 Å². The van der Waals surface area contributed by atoms with E-state index >= 15 is 0 Å². The van der Waals surface area contributed by atoms with Gasteiger partial charge in [0.15, 0.2) is 5.69 Å². The minimum Gasteiger partial charge on any atom is -0.406 e. The summed E-state index contributed by atoms with van der Waals surface area (Å²) < 4.78 is 82.6. The van der Waals surface area contributed by atoms with Crippen molar-refractivity contribution < 1.29 is 35.9 Å². The zero-order chi connectivity index (χ0) is 27.7. The smallest absolute Gasteiger partial charge is 0.406 e. The second-order valence-corrected chi connectivity index (χ2v) is 8.35. The number of ether oxygens (including phenoxy) is 1. The molecule has 0 atom stereocenters. The molecule has 1 heterocycles. The van der Waals surface area contributed by atoms with Gasteiger partial charge in [-0.2, -0.15) is 18.3 Å². The Balaban J connectivity index is 1.64. The third-order valence-electron chi connectivity index (χ3n) is 5.45. The Bertz CT molecular complexity index is 1430. The van der Waals surface area contributed by atoms with Gasteiger partial charge in [-0.05, 0) is 61.5 Å². The summed E-state index contributed by atoms with van der Waals surface area (Å²) in [5, 5.41) is 3.91. The van der Waals surface area contributed by atoms with Gasteiger partial charge < -0.3 is 9.64 Å². The monoisotopic (exact) mass is 553 g/mol. The molecule has 38 heavy (non-hydrogen) atoms. The van der Waals surface area contributed by atoms with E-state index in [1.54, 1.807) is 19.1 Å². The van der Waals surface area contributed by atoms with Crippen molar-refractivity contribution in [1.82, 2.24) is 9.78 Å². The van der Waals surface area contributed by atoms with Crippen LogP contribution in [-0.2, 0) is 6.18 Å². The summed E-state index contributed by atoms with van der Waals surface area (Å²) in [7, 11) is 0. The molecular weight excluding hydrogens is 536 g/mol. The first-order valence-corrected chi connectivity index (χ1v) is 11.5. The molecule has 0 unspecified atom stereocenters. The van der Waals surface area contributed by atoms with E-state index in [1.807, 2.05) is 0 Å². The Morgan fingerprint density at radius 1 is 0.947 bits per heavy atom. The van der Waals surface area contributed by atoms with Crippen LogP contribution < -0.4 is 9.64 Å². The average Bonchev–Trinajstić information content (AvgIpc) is 3.31. The number of alkyl halides is 6. The van der Waals surface area contributed by atoms with Crippen LogP contribution in [0, 0.1) is 0 Å². The lowest BCUT2D eigenvalue weighted by molar-refractivity contribution is -0.274. The molecule has 0 saturated heterocycles. The predicted octanol–water partition coefficient (Wildman–Crippen LogP) is 7.78. The number of anilines is 1. The molecule has 12 heteroatoms. The van der Waals surface area contributed by atoms with E-state index in [-0.39, 0.29) is 28.5 Å². The van der Waals surface area contributed by atoms with Gasteiger partial charge in [0.1, 0.15) is 5.75 Å². The van der Waals surface area contributed by atoms with Crippen LogP contribution in [0.5, 0.6) is 5.75 Å². The van der Waals surface area contributed by atoms with Crippen LogP contribution in [0.3, 0.4) is 0 Å². The molecule has 198 valence electrons. The molecule has 0 aliphatic rings. The molecule has 0 bridgehead atoms. The summed E-state index contributed by atoms with van der Waals surface area (Å²) >= 11 is 6.20. The van der Waals surface area contributed by atoms with Gasteiger partial charge >= 0.3 is 12.5 Å². The van der Waals surface area contributed by atoms with Crippen molar-refractivity contribution in [1.29, 1.82) is 0 Å². The van der Waals surface area contributed by atoms with Crippen LogP contribution in [0.15, 0.2) is 78.9 Å². The number of halogens is 7. The molecule has 0 saturated carbocycles. The van der Waals surface area contributed by atoms with E-state index in [2.05, 4.69) is 9.84 Å². The lowest BCUT2D eigenvalue weighted by atomic mass is 10.1. The van der Waals surface area contributed by atoms with Gasteiger partial charge in [-0.3, -0.25) is 4.79 Å². The lowest BCUT2D eigenvalue weighted by Gasteiger charge is -2.22. The third kappa shape index (κ3) is 5.94. The Morgan fingerprint density at radius 2 is 1.58 bits per heavy atom. The van der Waals surface area contributed by atoms with Crippen LogP contribution in [0.1, 0.15) is 23.0 Å². The maximum atomic E-state index is 13.5. The molecule has 0 aliphatic carbocycles. The molecule has 4 aromatic rings. The van der Waals surface area contributed by atoms with Crippen LogP contribution in [0.4, 0.5) is 32.0 Å². The number of rotatable bonds is 6. The van der Waals surface area contributed by atoms with E-state index in [9.17, 15) is 31.1 Å². The van der Waals surface area contributed by atoms with Crippen molar-refractivity contribution >= 4 is 23.2 Å². The fourth-order valence-corrected chi connectivity index (χ4v) is 3.96. The standard InChI is InChI=1S/C26H18ClF6N3O2/c1-2-35(18-11-13-19(14-12-18)38-26(31,32)33)24(37)17-9-7-16(8-10-17)22-15-23(25(28,29)30)34-36(22)21-6-4-3-5-20(21)27/h3-15H,2H2,1H3. The molecule has 0 N–H and O–H groups in total. The predicted molar refractivity (Wildman–Crippen MR) is 129 cm³/mol. The first-order valence-electron chi connectivity index (χ1n) is 11.1. The third-order valence-corrected chi connectivity index (χ3v) is 5.77. The molecule has 4 rings (SSSR count). The highest BCUT2D eigenvalue weighted by Gasteiger charge is 2.35. The van der Waals surface area contributed by atoms with Crippen molar-refractivity contribution in [3.8, 4) is 22.7 Å². The molecule has 0 spiro atoms. The average molecular weight is 554 g/mol. The number of amides is 1. The SMILES string of the molecule is CCN(C(=O)c1ccc(-c2cc(C(F)(F)F)nn2-c2ccccc2Cl)cc1)c1ccc(OC(F)(F)F)cc1. The number of benzene rings is 3. The molecule has 1 amide bonds. The maximum absolute atomic E-state index is 13.5. The van der Waals surface area contributed by atoms with Crippen LogP contribution >= 0.6 is 11.6 Å². The first-order chi connectivity index (χ1) is 17.9. The highest BCUT2D eigenvalue weighted by atomic mass is 35.5. The van der Waals surface area contributed by atoms with Gasteiger partial charge in [0, 0.05) is 23.4 Å². The van der Waals surface area contributed by atoms with Crippen LogP contribution in [-0.4, -0.2) is 28.6 Å². The van der Waals surface area contributed by atoms with Crippen molar-refractivity contribution in [2.45, 2.75) is 19.5 Å². The van der Waals surface area contributed by atoms with E-state index in [0.29, 0.717) is 11.3 Å². The molecule has 5 nitrogen and oxygen atoms in total. The van der Waals surface area contributed by atoms with Crippen molar-refractivity contribution in [2.75, 3.05) is 11.4 Å².